The molecule has 0 aliphatic carbocycles. The van der Waals surface area contributed by atoms with Gasteiger partial charge in [-0.2, -0.15) is 0 Å². The maximum Gasteiger partial charge on any atom is 0.226 e. The first-order valence-corrected chi connectivity index (χ1v) is 11.9. The van der Waals surface area contributed by atoms with E-state index in [1.54, 1.807) is 14.2 Å². The van der Waals surface area contributed by atoms with Gasteiger partial charge < -0.3 is 24.4 Å². The van der Waals surface area contributed by atoms with Crippen molar-refractivity contribution >= 4 is 5.91 Å². The molecule has 6 heteroatoms. The largest absolute Gasteiger partial charge is 0.496 e. The molecule has 2 heterocycles. The molecule has 2 aliphatic heterocycles. The summed E-state index contributed by atoms with van der Waals surface area (Å²) in [6, 6.07) is 14.5. The van der Waals surface area contributed by atoms with Gasteiger partial charge in [-0.1, -0.05) is 30.3 Å². The van der Waals surface area contributed by atoms with E-state index in [1.165, 1.54) is 0 Å². The molecular formula is C27H36N2O4. The highest BCUT2D eigenvalue weighted by Crippen LogP contribution is 2.40. The van der Waals surface area contributed by atoms with Gasteiger partial charge in [-0.3, -0.25) is 4.79 Å². The van der Waals surface area contributed by atoms with Crippen LogP contribution in [-0.2, 0) is 16.0 Å². The highest BCUT2D eigenvalue weighted by atomic mass is 16.5. The summed E-state index contributed by atoms with van der Waals surface area (Å²) in [5.41, 5.74) is 2.66. The van der Waals surface area contributed by atoms with E-state index in [0.29, 0.717) is 19.6 Å². The van der Waals surface area contributed by atoms with Gasteiger partial charge in [0.15, 0.2) is 0 Å². The molecule has 0 spiro atoms. The highest BCUT2D eigenvalue weighted by molar-refractivity contribution is 5.84. The number of ether oxygens (including phenoxy) is 3. The Bertz CT molecular complexity index is 925. The lowest BCUT2D eigenvalue weighted by molar-refractivity contribution is -0.137. The third kappa shape index (κ3) is 5.33. The average molecular weight is 453 g/mol. The Morgan fingerprint density at radius 3 is 2.33 bits per heavy atom. The summed E-state index contributed by atoms with van der Waals surface area (Å²) in [6.07, 6.45) is 4.21. The number of likely N-dealkylation sites (tertiary alicyclic amines) is 1. The van der Waals surface area contributed by atoms with Gasteiger partial charge >= 0.3 is 0 Å². The number of carbonyl (C=O) groups is 1. The van der Waals surface area contributed by atoms with Crippen molar-refractivity contribution in [3.05, 3.63) is 48.0 Å². The number of amides is 1. The fourth-order valence-electron chi connectivity index (χ4n) is 5.10. The summed E-state index contributed by atoms with van der Waals surface area (Å²) < 4.78 is 16.9. The van der Waals surface area contributed by atoms with E-state index >= 15 is 0 Å². The molecule has 1 N–H and O–H groups in total. The third-order valence-electron chi connectivity index (χ3n) is 7.17. The number of nitrogens with zero attached hydrogens (tertiary/aromatic N) is 1. The van der Waals surface area contributed by atoms with Crippen LogP contribution in [0.15, 0.2) is 42.5 Å². The summed E-state index contributed by atoms with van der Waals surface area (Å²) >= 11 is 0. The maximum absolute atomic E-state index is 13.6. The lowest BCUT2D eigenvalue weighted by Crippen LogP contribution is -2.51. The van der Waals surface area contributed by atoms with E-state index in [9.17, 15) is 4.79 Å². The minimum absolute atomic E-state index is 0.181. The number of piperidine rings is 1. The fraction of sp³-hybridized carbons (Fsp3) is 0.519. The molecule has 0 atom stereocenters. The van der Waals surface area contributed by atoms with Crippen LogP contribution in [0.3, 0.4) is 0 Å². The molecule has 2 aromatic carbocycles. The zero-order valence-corrected chi connectivity index (χ0v) is 20.1. The number of methoxy groups -OCH3 is 2. The summed E-state index contributed by atoms with van der Waals surface area (Å²) in [7, 11) is 5.49. The lowest BCUT2D eigenvalue weighted by Gasteiger charge is -2.38. The van der Waals surface area contributed by atoms with E-state index in [4.69, 9.17) is 14.2 Å². The normalized spacial score (nSPS) is 19.1. The average Bonchev–Trinajstić information content (AvgIpc) is 2.85. The van der Waals surface area contributed by atoms with Crippen LogP contribution in [0.4, 0.5) is 0 Å². The predicted octanol–water partition coefficient (Wildman–Crippen LogP) is 3.92. The van der Waals surface area contributed by atoms with E-state index < -0.39 is 5.41 Å². The Hall–Kier alpha value is -2.57. The van der Waals surface area contributed by atoms with E-state index in [2.05, 4.69) is 41.5 Å². The van der Waals surface area contributed by atoms with Crippen LogP contribution in [0.5, 0.6) is 11.5 Å². The van der Waals surface area contributed by atoms with Crippen molar-refractivity contribution in [2.75, 3.05) is 47.6 Å². The van der Waals surface area contributed by atoms with Gasteiger partial charge in [0.05, 0.1) is 25.2 Å². The molecule has 0 radical (unpaired) electrons. The molecule has 0 aromatic heterocycles. The van der Waals surface area contributed by atoms with Gasteiger partial charge in [-0.25, -0.2) is 0 Å². The van der Waals surface area contributed by atoms with Crippen molar-refractivity contribution in [2.45, 2.75) is 38.1 Å². The summed E-state index contributed by atoms with van der Waals surface area (Å²) in [4.78, 5) is 15.9. The van der Waals surface area contributed by atoms with Crippen LogP contribution in [-0.4, -0.2) is 64.4 Å². The van der Waals surface area contributed by atoms with Gasteiger partial charge in [0, 0.05) is 19.3 Å². The van der Waals surface area contributed by atoms with Crippen LogP contribution in [0.1, 0.15) is 31.2 Å². The van der Waals surface area contributed by atoms with Crippen LogP contribution < -0.4 is 14.8 Å². The second-order valence-electron chi connectivity index (χ2n) is 9.36. The molecule has 6 nitrogen and oxygen atoms in total. The number of benzene rings is 2. The number of hydrogen-bond acceptors (Lipinski definition) is 5. The summed E-state index contributed by atoms with van der Waals surface area (Å²) in [5, 5.41) is 3.39. The molecule has 2 fully saturated rings. The minimum Gasteiger partial charge on any atom is -0.496 e. The van der Waals surface area contributed by atoms with Crippen molar-refractivity contribution in [2.24, 2.45) is 5.41 Å². The lowest BCUT2D eigenvalue weighted by atomic mass is 9.74. The molecule has 4 rings (SSSR count). The number of hydrogen-bond donors (Lipinski definition) is 1. The zero-order valence-electron chi connectivity index (χ0n) is 20.1. The standard InChI is InChI=1S/C27H36N2O4/c1-29-14-10-22(11-15-29)28-26(30)27(12-16-33-17-13-27)19-20-6-4-7-21(18-20)25-23(31-2)8-5-9-24(25)32-3/h4-9,18,22H,10-17,19H2,1-3H3,(H,28,30). The predicted molar refractivity (Wildman–Crippen MR) is 130 cm³/mol. The minimum atomic E-state index is -0.439. The van der Waals surface area contributed by atoms with Crippen molar-refractivity contribution in [1.29, 1.82) is 0 Å². The maximum atomic E-state index is 13.6. The molecule has 2 aliphatic rings. The Morgan fingerprint density at radius 1 is 1.06 bits per heavy atom. The molecule has 1 amide bonds. The Kier molecular flexibility index (Phi) is 7.56. The number of carbonyl (C=O) groups excluding carboxylic acids is 1. The molecule has 0 bridgehead atoms. The number of rotatable bonds is 7. The van der Waals surface area contributed by atoms with E-state index in [1.807, 2.05) is 18.2 Å². The van der Waals surface area contributed by atoms with Crippen molar-refractivity contribution < 1.29 is 19.0 Å². The van der Waals surface area contributed by atoms with Gasteiger partial charge in [0.2, 0.25) is 5.91 Å². The van der Waals surface area contributed by atoms with Crippen molar-refractivity contribution in [3.63, 3.8) is 0 Å². The van der Waals surface area contributed by atoms with Crippen molar-refractivity contribution in [1.82, 2.24) is 10.2 Å². The quantitative estimate of drug-likeness (QED) is 0.690. The van der Waals surface area contributed by atoms with Crippen LogP contribution >= 0.6 is 0 Å². The fourth-order valence-corrected chi connectivity index (χ4v) is 5.10. The molecular weight excluding hydrogens is 416 g/mol. The first kappa shape index (κ1) is 23.6. The van der Waals surface area contributed by atoms with Crippen LogP contribution in [0.25, 0.3) is 11.1 Å². The van der Waals surface area contributed by atoms with Gasteiger partial charge in [-0.15, -0.1) is 0 Å². The molecule has 2 aromatic rings. The summed E-state index contributed by atoms with van der Waals surface area (Å²) in [6.45, 7) is 3.31. The second kappa shape index (κ2) is 10.6. The second-order valence-corrected chi connectivity index (χ2v) is 9.36. The van der Waals surface area contributed by atoms with E-state index in [-0.39, 0.29) is 11.9 Å². The molecule has 0 unspecified atom stereocenters. The first-order valence-electron chi connectivity index (χ1n) is 11.9. The Balaban J connectivity index is 1.59. The Labute approximate surface area is 197 Å². The summed E-state index contributed by atoms with van der Waals surface area (Å²) in [5.74, 6) is 1.72. The smallest absolute Gasteiger partial charge is 0.226 e. The zero-order chi connectivity index (χ0) is 23.3. The number of nitrogens with one attached hydrogen (secondary N) is 1. The van der Waals surface area contributed by atoms with Gasteiger partial charge in [0.1, 0.15) is 11.5 Å². The van der Waals surface area contributed by atoms with Gasteiger partial charge in [0.25, 0.3) is 0 Å². The van der Waals surface area contributed by atoms with Gasteiger partial charge in [-0.05, 0) is 75.5 Å². The molecule has 33 heavy (non-hydrogen) atoms. The molecule has 0 saturated carbocycles. The molecule has 2 saturated heterocycles. The topological polar surface area (TPSA) is 60.0 Å². The molecule has 178 valence electrons. The Morgan fingerprint density at radius 2 is 1.70 bits per heavy atom. The van der Waals surface area contributed by atoms with Crippen molar-refractivity contribution in [3.8, 4) is 22.6 Å². The third-order valence-corrected chi connectivity index (χ3v) is 7.17. The SMILES string of the molecule is COc1cccc(OC)c1-c1cccc(CC2(C(=O)NC3CCN(C)CC3)CCOCC2)c1. The van der Waals surface area contributed by atoms with Crippen LogP contribution in [0.2, 0.25) is 0 Å². The van der Waals surface area contributed by atoms with E-state index in [0.717, 1.165) is 67.0 Å². The first-order chi connectivity index (χ1) is 16.0. The highest BCUT2D eigenvalue weighted by Gasteiger charge is 2.41. The monoisotopic (exact) mass is 452 g/mol. The van der Waals surface area contributed by atoms with Crippen LogP contribution in [0, 0.1) is 5.41 Å².